The SMILES string of the molecule is NCc1cnn(CC(=O)Nc2cccc(Cl)c2)c1. The summed E-state index contributed by atoms with van der Waals surface area (Å²) in [4.78, 5) is 11.7. The first-order valence-electron chi connectivity index (χ1n) is 5.44. The largest absolute Gasteiger partial charge is 0.326 e. The Kier molecular flexibility index (Phi) is 3.96. The van der Waals surface area contributed by atoms with Crippen molar-refractivity contribution in [3.05, 3.63) is 47.2 Å². The summed E-state index contributed by atoms with van der Waals surface area (Å²) in [6.07, 6.45) is 3.39. The molecule has 0 radical (unpaired) electrons. The summed E-state index contributed by atoms with van der Waals surface area (Å²) in [5.74, 6) is -0.163. The summed E-state index contributed by atoms with van der Waals surface area (Å²) < 4.78 is 1.54. The standard InChI is InChI=1S/C12H13ClN4O/c13-10-2-1-3-11(4-10)16-12(18)8-17-7-9(5-14)6-15-17/h1-4,6-7H,5,8,14H2,(H,16,18). The van der Waals surface area contributed by atoms with Crippen molar-refractivity contribution < 1.29 is 4.79 Å². The van der Waals surface area contributed by atoms with Gasteiger partial charge >= 0.3 is 0 Å². The van der Waals surface area contributed by atoms with Gasteiger partial charge in [0.05, 0.1) is 6.20 Å². The Bertz CT molecular complexity index is 553. The molecule has 6 heteroatoms. The molecule has 3 N–H and O–H groups in total. The van der Waals surface area contributed by atoms with Crippen LogP contribution in [-0.2, 0) is 17.9 Å². The molecule has 0 fully saturated rings. The summed E-state index contributed by atoms with van der Waals surface area (Å²) in [7, 11) is 0. The van der Waals surface area contributed by atoms with E-state index in [1.165, 1.54) is 0 Å². The van der Waals surface area contributed by atoms with Gasteiger partial charge in [0.15, 0.2) is 0 Å². The summed E-state index contributed by atoms with van der Waals surface area (Å²) in [6.45, 7) is 0.558. The lowest BCUT2D eigenvalue weighted by atomic mass is 10.3. The van der Waals surface area contributed by atoms with Gasteiger partial charge in [-0.2, -0.15) is 5.10 Å². The zero-order valence-electron chi connectivity index (χ0n) is 9.64. The van der Waals surface area contributed by atoms with E-state index in [1.807, 2.05) is 0 Å². The van der Waals surface area contributed by atoms with Gasteiger partial charge in [0.2, 0.25) is 5.91 Å². The molecule has 1 amide bonds. The Hall–Kier alpha value is -1.85. The summed E-state index contributed by atoms with van der Waals surface area (Å²) in [6, 6.07) is 6.99. The zero-order chi connectivity index (χ0) is 13.0. The van der Waals surface area contributed by atoms with Gasteiger partial charge in [-0.15, -0.1) is 0 Å². The number of rotatable bonds is 4. The third-order valence-electron chi connectivity index (χ3n) is 2.34. The van der Waals surface area contributed by atoms with Crippen LogP contribution in [0.2, 0.25) is 5.02 Å². The first-order valence-corrected chi connectivity index (χ1v) is 5.82. The fourth-order valence-corrected chi connectivity index (χ4v) is 1.70. The number of amides is 1. The van der Waals surface area contributed by atoms with E-state index in [2.05, 4.69) is 10.4 Å². The van der Waals surface area contributed by atoms with Crippen molar-refractivity contribution in [2.75, 3.05) is 5.32 Å². The Morgan fingerprint density at radius 3 is 3.00 bits per heavy atom. The Morgan fingerprint density at radius 2 is 2.33 bits per heavy atom. The molecule has 0 saturated carbocycles. The topological polar surface area (TPSA) is 72.9 Å². The number of halogens is 1. The maximum atomic E-state index is 11.7. The first kappa shape index (κ1) is 12.6. The highest BCUT2D eigenvalue weighted by Gasteiger charge is 2.05. The zero-order valence-corrected chi connectivity index (χ0v) is 10.4. The summed E-state index contributed by atoms with van der Waals surface area (Å²) in [5.41, 5.74) is 7.03. The van der Waals surface area contributed by atoms with Gasteiger partial charge in [-0.1, -0.05) is 17.7 Å². The number of nitrogens with one attached hydrogen (secondary N) is 1. The van der Waals surface area contributed by atoms with Gasteiger partial charge in [0.1, 0.15) is 6.54 Å². The fraction of sp³-hybridized carbons (Fsp3) is 0.167. The number of nitrogens with two attached hydrogens (primary N) is 1. The van der Waals surface area contributed by atoms with Crippen molar-refractivity contribution in [2.45, 2.75) is 13.1 Å². The van der Waals surface area contributed by atoms with Gasteiger partial charge < -0.3 is 11.1 Å². The number of nitrogens with zero attached hydrogens (tertiary/aromatic N) is 2. The van der Waals surface area contributed by atoms with Crippen molar-refractivity contribution in [2.24, 2.45) is 5.73 Å². The molecule has 2 rings (SSSR count). The molecule has 0 atom stereocenters. The minimum atomic E-state index is -0.163. The van der Waals surface area contributed by atoms with Crippen LogP contribution in [0.1, 0.15) is 5.56 Å². The van der Waals surface area contributed by atoms with Crippen molar-refractivity contribution in [1.29, 1.82) is 0 Å². The van der Waals surface area contributed by atoms with Gasteiger partial charge in [-0.05, 0) is 18.2 Å². The molecule has 5 nitrogen and oxygen atoms in total. The van der Waals surface area contributed by atoms with Gasteiger partial charge in [-0.25, -0.2) is 0 Å². The molecule has 0 saturated heterocycles. The minimum absolute atomic E-state index is 0.145. The highest BCUT2D eigenvalue weighted by Crippen LogP contribution is 2.14. The van der Waals surface area contributed by atoms with E-state index in [-0.39, 0.29) is 12.5 Å². The first-order chi connectivity index (χ1) is 8.67. The van der Waals surface area contributed by atoms with Gasteiger partial charge in [0.25, 0.3) is 0 Å². The maximum absolute atomic E-state index is 11.7. The highest BCUT2D eigenvalue weighted by atomic mass is 35.5. The molecule has 0 spiro atoms. The third kappa shape index (κ3) is 3.32. The van der Waals surface area contributed by atoms with E-state index in [4.69, 9.17) is 17.3 Å². The van der Waals surface area contributed by atoms with Crippen LogP contribution >= 0.6 is 11.6 Å². The molecule has 0 aliphatic heterocycles. The third-order valence-corrected chi connectivity index (χ3v) is 2.57. The lowest BCUT2D eigenvalue weighted by molar-refractivity contribution is -0.116. The quantitative estimate of drug-likeness (QED) is 0.882. The number of hydrogen-bond acceptors (Lipinski definition) is 3. The van der Waals surface area contributed by atoms with Crippen molar-refractivity contribution in [1.82, 2.24) is 9.78 Å². The normalized spacial score (nSPS) is 10.3. The van der Waals surface area contributed by atoms with Crippen molar-refractivity contribution in [3.8, 4) is 0 Å². The predicted molar refractivity (Wildman–Crippen MR) is 70.2 cm³/mol. The van der Waals surface area contributed by atoms with E-state index in [0.717, 1.165) is 5.56 Å². The van der Waals surface area contributed by atoms with Crippen molar-refractivity contribution in [3.63, 3.8) is 0 Å². The van der Waals surface area contributed by atoms with E-state index in [9.17, 15) is 4.79 Å². The molecule has 0 aliphatic carbocycles. The lowest BCUT2D eigenvalue weighted by Gasteiger charge is -2.05. The van der Waals surface area contributed by atoms with Gasteiger partial charge in [-0.3, -0.25) is 9.48 Å². The smallest absolute Gasteiger partial charge is 0.246 e. The number of hydrogen-bond donors (Lipinski definition) is 2. The molecule has 1 aromatic carbocycles. The van der Waals surface area contributed by atoms with Crippen LogP contribution in [0.5, 0.6) is 0 Å². The molecular formula is C12H13ClN4O. The molecule has 2 aromatic rings. The van der Waals surface area contributed by atoms with Crippen LogP contribution in [0, 0.1) is 0 Å². The number of aromatic nitrogens is 2. The van der Waals surface area contributed by atoms with Crippen LogP contribution in [0.15, 0.2) is 36.7 Å². The van der Waals surface area contributed by atoms with Crippen LogP contribution in [0.25, 0.3) is 0 Å². The van der Waals surface area contributed by atoms with E-state index in [0.29, 0.717) is 17.3 Å². The molecule has 18 heavy (non-hydrogen) atoms. The second-order valence-corrected chi connectivity index (χ2v) is 4.25. The molecule has 1 heterocycles. The van der Waals surface area contributed by atoms with E-state index < -0.39 is 0 Å². The van der Waals surface area contributed by atoms with Crippen LogP contribution < -0.4 is 11.1 Å². The number of anilines is 1. The monoisotopic (exact) mass is 264 g/mol. The summed E-state index contributed by atoms with van der Waals surface area (Å²) >= 11 is 5.83. The molecule has 0 unspecified atom stereocenters. The molecule has 0 bridgehead atoms. The second-order valence-electron chi connectivity index (χ2n) is 3.81. The Morgan fingerprint density at radius 1 is 1.50 bits per heavy atom. The highest BCUT2D eigenvalue weighted by molar-refractivity contribution is 6.30. The summed E-state index contributed by atoms with van der Waals surface area (Å²) in [5, 5.41) is 7.36. The van der Waals surface area contributed by atoms with Crippen LogP contribution in [0.4, 0.5) is 5.69 Å². The lowest BCUT2D eigenvalue weighted by Crippen LogP contribution is -2.18. The second kappa shape index (κ2) is 5.66. The van der Waals surface area contributed by atoms with E-state index >= 15 is 0 Å². The molecule has 1 aromatic heterocycles. The Balaban J connectivity index is 1.96. The van der Waals surface area contributed by atoms with Crippen molar-refractivity contribution >= 4 is 23.2 Å². The minimum Gasteiger partial charge on any atom is -0.326 e. The average Bonchev–Trinajstić information content (AvgIpc) is 2.76. The molecular weight excluding hydrogens is 252 g/mol. The van der Waals surface area contributed by atoms with E-state index in [1.54, 1.807) is 41.3 Å². The number of benzene rings is 1. The number of carbonyl (C=O) groups is 1. The molecule has 94 valence electrons. The fourth-order valence-electron chi connectivity index (χ4n) is 1.51. The Labute approximate surface area is 110 Å². The molecule has 0 aliphatic rings. The van der Waals surface area contributed by atoms with Crippen LogP contribution in [0.3, 0.4) is 0 Å². The predicted octanol–water partition coefficient (Wildman–Crippen LogP) is 1.63. The van der Waals surface area contributed by atoms with Gasteiger partial charge in [0, 0.05) is 29.0 Å². The number of carbonyl (C=O) groups excluding carboxylic acids is 1. The van der Waals surface area contributed by atoms with Crippen LogP contribution in [-0.4, -0.2) is 15.7 Å². The average molecular weight is 265 g/mol. The maximum Gasteiger partial charge on any atom is 0.246 e.